The Hall–Kier alpha value is -1.58. The van der Waals surface area contributed by atoms with Crippen LogP contribution in [0, 0.1) is 5.82 Å². The van der Waals surface area contributed by atoms with Crippen molar-refractivity contribution in [2.24, 2.45) is 0 Å². The van der Waals surface area contributed by atoms with Crippen LogP contribution in [0.3, 0.4) is 0 Å². The number of hydrogen-bond donors (Lipinski definition) is 2. The van der Waals surface area contributed by atoms with Crippen LogP contribution in [0.25, 0.3) is 0 Å². The second-order valence-corrected chi connectivity index (χ2v) is 3.74. The molecule has 1 unspecified atom stereocenters. The number of rotatable bonds is 3. The first kappa shape index (κ1) is 9.96. The number of hydrogen-bond acceptors (Lipinski definition) is 2. The number of anilines is 1. The van der Waals surface area contributed by atoms with E-state index in [4.69, 9.17) is 5.11 Å². The van der Waals surface area contributed by atoms with Crippen molar-refractivity contribution in [3.05, 3.63) is 29.6 Å². The fourth-order valence-electron chi connectivity index (χ4n) is 1.94. The van der Waals surface area contributed by atoms with Gasteiger partial charge in [0.2, 0.25) is 0 Å². The summed E-state index contributed by atoms with van der Waals surface area (Å²) in [4.78, 5) is 10.4. The fourth-order valence-corrected chi connectivity index (χ4v) is 1.94. The molecule has 1 atom stereocenters. The number of benzene rings is 1. The lowest BCUT2D eigenvalue weighted by atomic mass is 9.96. The van der Waals surface area contributed by atoms with E-state index in [9.17, 15) is 9.18 Å². The molecule has 0 amide bonds. The lowest BCUT2D eigenvalue weighted by Gasteiger charge is -2.07. The second kappa shape index (κ2) is 3.88. The summed E-state index contributed by atoms with van der Waals surface area (Å²) < 4.78 is 12.9. The lowest BCUT2D eigenvalue weighted by Crippen LogP contribution is -2.05. The van der Waals surface area contributed by atoms with E-state index in [2.05, 4.69) is 5.32 Å². The number of fused-ring (bicyclic) bond motifs is 1. The zero-order chi connectivity index (χ0) is 10.8. The fraction of sp³-hybridized carbons (Fsp3) is 0.364. The Morgan fingerprint density at radius 3 is 3.13 bits per heavy atom. The maximum atomic E-state index is 12.9. The number of aliphatic carboxylic acids is 1. The van der Waals surface area contributed by atoms with Gasteiger partial charge in [0, 0.05) is 24.6 Å². The van der Waals surface area contributed by atoms with Crippen molar-refractivity contribution in [2.45, 2.75) is 18.8 Å². The highest BCUT2D eigenvalue weighted by Gasteiger charge is 2.22. The largest absolute Gasteiger partial charge is 0.481 e. The minimum atomic E-state index is -0.787. The highest BCUT2D eigenvalue weighted by atomic mass is 19.1. The van der Waals surface area contributed by atoms with E-state index in [-0.39, 0.29) is 18.2 Å². The maximum Gasteiger partial charge on any atom is 0.303 e. The smallest absolute Gasteiger partial charge is 0.303 e. The molecule has 4 heteroatoms. The van der Waals surface area contributed by atoms with Gasteiger partial charge in [0.25, 0.3) is 0 Å². The Morgan fingerprint density at radius 2 is 2.40 bits per heavy atom. The molecule has 0 aliphatic carbocycles. The van der Waals surface area contributed by atoms with Crippen molar-refractivity contribution in [1.82, 2.24) is 0 Å². The minimum absolute atomic E-state index is 0.156. The molecular formula is C11H12FNO2. The SMILES string of the molecule is O=C(O)CCC1CNc2cc(F)ccc21. The van der Waals surface area contributed by atoms with Crippen LogP contribution in [-0.4, -0.2) is 17.6 Å². The third-order valence-corrected chi connectivity index (χ3v) is 2.70. The van der Waals surface area contributed by atoms with Crippen LogP contribution in [0.15, 0.2) is 18.2 Å². The number of nitrogens with one attached hydrogen (secondary N) is 1. The molecule has 0 bridgehead atoms. The van der Waals surface area contributed by atoms with Crippen molar-refractivity contribution in [1.29, 1.82) is 0 Å². The summed E-state index contributed by atoms with van der Waals surface area (Å²) in [5, 5.41) is 11.7. The summed E-state index contributed by atoms with van der Waals surface area (Å²) in [7, 11) is 0. The van der Waals surface area contributed by atoms with Gasteiger partial charge in [0.15, 0.2) is 0 Å². The van der Waals surface area contributed by atoms with Crippen LogP contribution in [0.4, 0.5) is 10.1 Å². The Morgan fingerprint density at radius 1 is 1.60 bits per heavy atom. The van der Waals surface area contributed by atoms with E-state index in [1.165, 1.54) is 12.1 Å². The molecule has 0 fully saturated rings. The molecule has 2 N–H and O–H groups in total. The Balaban J connectivity index is 2.11. The van der Waals surface area contributed by atoms with Crippen molar-refractivity contribution >= 4 is 11.7 Å². The molecule has 0 spiro atoms. The first-order valence-electron chi connectivity index (χ1n) is 4.92. The highest BCUT2D eigenvalue weighted by Crippen LogP contribution is 2.34. The van der Waals surface area contributed by atoms with Crippen LogP contribution in [0.5, 0.6) is 0 Å². The highest BCUT2D eigenvalue weighted by molar-refractivity contribution is 5.67. The summed E-state index contributed by atoms with van der Waals surface area (Å²) in [5.74, 6) is -0.859. The van der Waals surface area contributed by atoms with E-state index >= 15 is 0 Å². The number of carboxylic acid groups (broad SMARTS) is 1. The number of carbonyl (C=O) groups is 1. The molecule has 0 aromatic heterocycles. The monoisotopic (exact) mass is 209 g/mol. The summed E-state index contributed by atoms with van der Waals surface area (Å²) >= 11 is 0. The first-order chi connectivity index (χ1) is 7.16. The van der Waals surface area contributed by atoms with Gasteiger partial charge in [-0.1, -0.05) is 6.07 Å². The van der Waals surface area contributed by atoms with Gasteiger partial charge < -0.3 is 10.4 Å². The Labute approximate surface area is 86.9 Å². The van der Waals surface area contributed by atoms with Gasteiger partial charge in [0.1, 0.15) is 5.82 Å². The third kappa shape index (κ3) is 2.09. The molecule has 80 valence electrons. The molecule has 1 aliphatic heterocycles. The number of carboxylic acids is 1. The van der Waals surface area contributed by atoms with Crippen molar-refractivity contribution in [3.8, 4) is 0 Å². The molecule has 1 aromatic carbocycles. The second-order valence-electron chi connectivity index (χ2n) is 3.74. The molecule has 0 radical (unpaired) electrons. The summed E-state index contributed by atoms with van der Waals surface area (Å²) in [5.41, 5.74) is 1.82. The molecular weight excluding hydrogens is 197 g/mol. The average molecular weight is 209 g/mol. The predicted octanol–water partition coefficient (Wildman–Crippen LogP) is 2.20. The molecule has 2 rings (SSSR count). The van der Waals surface area contributed by atoms with E-state index in [1.807, 2.05) is 0 Å². The van der Waals surface area contributed by atoms with Gasteiger partial charge in [-0.2, -0.15) is 0 Å². The van der Waals surface area contributed by atoms with Crippen LogP contribution < -0.4 is 5.32 Å². The van der Waals surface area contributed by atoms with Gasteiger partial charge in [-0.15, -0.1) is 0 Å². The first-order valence-corrected chi connectivity index (χ1v) is 4.92. The quantitative estimate of drug-likeness (QED) is 0.802. The maximum absolute atomic E-state index is 12.9. The minimum Gasteiger partial charge on any atom is -0.481 e. The summed E-state index contributed by atoms with van der Waals surface area (Å²) in [6.45, 7) is 0.700. The normalized spacial score (nSPS) is 18.3. The molecule has 1 aromatic rings. The zero-order valence-corrected chi connectivity index (χ0v) is 8.16. The van der Waals surface area contributed by atoms with E-state index < -0.39 is 5.97 Å². The summed E-state index contributed by atoms with van der Waals surface area (Å²) in [6, 6.07) is 4.60. The Bertz CT molecular complexity index is 392. The summed E-state index contributed by atoms with van der Waals surface area (Å²) in [6.07, 6.45) is 0.754. The molecule has 0 saturated carbocycles. The van der Waals surface area contributed by atoms with Gasteiger partial charge in [-0.3, -0.25) is 4.79 Å². The van der Waals surface area contributed by atoms with E-state index in [1.54, 1.807) is 6.07 Å². The topological polar surface area (TPSA) is 49.3 Å². The standard InChI is InChI=1S/C11H12FNO2/c12-8-2-3-9-7(1-4-11(14)15)6-13-10(9)5-8/h2-3,5,7,13H,1,4,6H2,(H,14,15). The molecule has 1 heterocycles. The van der Waals surface area contributed by atoms with Gasteiger partial charge in [-0.05, 0) is 24.1 Å². The van der Waals surface area contributed by atoms with Crippen LogP contribution in [0.1, 0.15) is 24.3 Å². The van der Waals surface area contributed by atoms with Crippen LogP contribution >= 0.6 is 0 Å². The molecule has 0 saturated heterocycles. The molecule has 1 aliphatic rings. The van der Waals surface area contributed by atoms with E-state index in [0.717, 1.165) is 11.3 Å². The Kier molecular flexibility index (Phi) is 2.58. The average Bonchev–Trinajstić information content (AvgIpc) is 2.57. The number of halogens is 1. The third-order valence-electron chi connectivity index (χ3n) is 2.70. The van der Waals surface area contributed by atoms with Gasteiger partial charge in [-0.25, -0.2) is 4.39 Å². The lowest BCUT2D eigenvalue weighted by molar-refractivity contribution is -0.137. The molecule has 15 heavy (non-hydrogen) atoms. The van der Waals surface area contributed by atoms with Crippen molar-refractivity contribution in [2.75, 3.05) is 11.9 Å². The van der Waals surface area contributed by atoms with Gasteiger partial charge >= 0.3 is 5.97 Å². The van der Waals surface area contributed by atoms with Crippen molar-refractivity contribution < 1.29 is 14.3 Å². The van der Waals surface area contributed by atoms with Crippen LogP contribution in [-0.2, 0) is 4.79 Å². The molecule has 3 nitrogen and oxygen atoms in total. The predicted molar refractivity (Wildman–Crippen MR) is 54.5 cm³/mol. The van der Waals surface area contributed by atoms with Crippen LogP contribution in [0.2, 0.25) is 0 Å². The van der Waals surface area contributed by atoms with Crippen molar-refractivity contribution in [3.63, 3.8) is 0 Å². The van der Waals surface area contributed by atoms with E-state index in [0.29, 0.717) is 13.0 Å². The zero-order valence-electron chi connectivity index (χ0n) is 8.16. The van der Waals surface area contributed by atoms with Gasteiger partial charge in [0.05, 0.1) is 0 Å².